The maximum atomic E-state index is 11.7. The molecule has 1 rings (SSSR count). The van der Waals surface area contributed by atoms with Crippen LogP contribution in [0.4, 0.5) is 14.7 Å². The lowest BCUT2D eigenvalue weighted by Gasteiger charge is -2.18. The molecule has 0 saturated carbocycles. The first-order valence-corrected chi connectivity index (χ1v) is 8.21. The molecule has 0 aromatic carbocycles. The van der Waals surface area contributed by atoms with Crippen molar-refractivity contribution in [3.63, 3.8) is 0 Å². The number of nitrogens with one attached hydrogen (secondary N) is 2. The number of carbonyl (C=O) groups excluding carboxylic acids is 2. The van der Waals surface area contributed by atoms with Crippen molar-refractivity contribution in [2.75, 3.05) is 25.6 Å². The summed E-state index contributed by atoms with van der Waals surface area (Å²) in [7, 11) is 1.21. The van der Waals surface area contributed by atoms with Gasteiger partial charge in [0.1, 0.15) is 17.9 Å². The predicted octanol–water partition coefficient (Wildman–Crippen LogP) is 1.65. The zero-order valence-corrected chi connectivity index (χ0v) is 15.5. The van der Waals surface area contributed by atoms with Gasteiger partial charge >= 0.3 is 18.2 Å². The number of anilines is 1. The average Bonchev–Trinajstić information content (AvgIpc) is 2.95. The highest BCUT2D eigenvalue weighted by Crippen LogP contribution is 2.18. The van der Waals surface area contributed by atoms with Gasteiger partial charge in [0.05, 0.1) is 13.7 Å². The van der Waals surface area contributed by atoms with Crippen LogP contribution in [0.1, 0.15) is 26.5 Å². The van der Waals surface area contributed by atoms with Gasteiger partial charge in [-0.05, 0) is 20.8 Å². The highest BCUT2D eigenvalue weighted by molar-refractivity contribution is 7.14. The van der Waals surface area contributed by atoms with Crippen molar-refractivity contribution in [1.82, 2.24) is 10.3 Å². The Labute approximate surface area is 153 Å². The molecule has 0 spiro atoms. The first-order chi connectivity index (χ1) is 12.1. The number of methoxy groups -OCH3 is 1. The van der Waals surface area contributed by atoms with Crippen LogP contribution >= 0.6 is 11.3 Å². The molecule has 0 aliphatic carbocycles. The lowest BCUT2D eigenvalue weighted by atomic mass is 10.2. The Morgan fingerprint density at radius 2 is 2.00 bits per heavy atom. The fraction of sp³-hybridized carbons (Fsp3) is 0.500. The van der Waals surface area contributed by atoms with Crippen LogP contribution in [0.15, 0.2) is 10.5 Å². The van der Waals surface area contributed by atoms with Crippen molar-refractivity contribution in [3.8, 4) is 0 Å². The molecule has 144 valence electrons. The summed E-state index contributed by atoms with van der Waals surface area (Å²) in [6.07, 6.45) is -1.36. The molecule has 0 bridgehead atoms. The Hall–Kier alpha value is -2.89. The number of carboxylic acid groups (broad SMARTS) is 1. The quantitative estimate of drug-likeness (QED) is 0.363. The lowest BCUT2D eigenvalue weighted by Crippen LogP contribution is -2.27. The van der Waals surface area contributed by atoms with E-state index in [0.717, 1.165) is 11.3 Å². The average molecular weight is 388 g/mol. The summed E-state index contributed by atoms with van der Waals surface area (Å²) in [5.74, 6) is -1.36. The van der Waals surface area contributed by atoms with Crippen molar-refractivity contribution in [2.24, 2.45) is 5.16 Å². The molecule has 0 unspecified atom stereocenters. The first kappa shape index (κ1) is 21.2. The number of oxime groups is 1. The van der Waals surface area contributed by atoms with E-state index in [9.17, 15) is 19.5 Å². The number of amides is 2. The number of carbonyl (C=O) groups is 3. The van der Waals surface area contributed by atoms with Crippen LogP contribution in [0, 0.1) is 0 Å². The second-order valence-electron chi connectivity index (χ2n) is 5.66. The normalized spacial score (nSPS) is 11.5. The van der Waals surface area contributed by atoms with Crippen LogP contribution in [0.25, 0.3) is 0 Å². The molecule has 0 radical (unpaired) electrons. The van der Waals surface area contributed by atoms with Crippen molar-refractivity contribution < 1.29 is 33.8 Å². The van der Waals surface area contributed by atoms with Crippen LogP contribution in [-0.4, -0.2) is 59.8 Å². The minimum absolute atomic E-state index is 0.00878. The predicted molar refractivity (Wildman–Crippen MR) is 92.5 cm³/mol. The topological polar surface area (TPSA) is 148 Å². The van der Waals surface area contributed by atoms with Gasteiger partial charge in [0.15, 0.2) is 5.13 Å². The minimum atomic E-state index is -1.36. The number of rotatable bonds is 7. The molecule has 11 nitrogen and oxygen atoms in total. The number of aliphatic carboxylic acids is 1. The monoisotopic (exact) mass is 388 g/mol. The van der Waals surface area contributed by atoms with Crippen LogP contribution in [0.3, 0.4) is 0 Å². The van der Waals surface area contributed by atoms with Crippen LogP contribution in [0.2, 0.25) is 0 Å². The summed E-state index contributed by atoms with van der Waals surface area (Å²) in [4.78, 5) is 42.6. The molecule has 3 N–H and O–H groups in total. The van der Waals surface area contributed by atoms with E-state index < -0.39 is 29.5 Å². The van der Waals surface area contributed by atoms with Crippen LogP contribution in [-0.2, 0) is 19.1 Å². The molecule has 0 aliphatic rings. The molecule has 26 heavy (non-hydrogen) atoms. The van der Waals surface area contributed by atoms with Gasteiger partial charge in [-0.3, -0.25) is 5.32 Å². The Morgan fingerprint density at radius 1 is 1.31 bits per heavy atom. The highest BCUT2D eigenvalue weighted by Gasteiger charge is 2.20. The summed E-state index contributed by atoms with van der Waals surface area (Å²) < 4.78 is 9.44. The first-order valence-electron chi connectivity index (χ1n) is 7.33. The van der Waals surface area contributed by atoms with Gasteiger partial charge in [0, 0.05) is 5.38 Å². The molecular formula is C14H20N4O7S. The molecule has 1 aromatic heterocycles. The van der Waals surface area contributed by atoms with Gasteiger partial charge in [0.2, 0.25) is 5.71 Å². The SMILES string of the molecule is COC(=O)NCCO/N=C(\C(=O)O)c1csc(NC(=O)OC(C)(C)C)n1. The third-order valence-electron chi connectivity index (χ3n) is 2.36. The van der Waals surface area contributed by atoms with E-state index in [1.54, 1.807) is 20.8 Å². The number of hydrogen-bond acceptors (Lipinski definition) is 9. The molecular weight excluding hydrogens is 368 g/mol. The Morgan fingerprint density at radius 3 is 2.58 bits per heavy atom. The van der Waals surface area contributed by atoms with Crippen molar-refractivity contribution in [3.05, 3.63) is 11.1 Å². The second kappa shape index (κ2) is 9.56. The van der Waals surface area contributed by atoms with Crippen molar-refractivity contribution >= 4 is 40.3 Å². The van der Waals surface area contributed by atoms with E-state index in [1.807, 2.05) is 0 Å². The van der Waals surface area contributed by atoms with E-state index in [-0.39, 0.29) is 24.0 Å². The summed E-state index contributed by atoms with van der Waals surface area (Å²) in [6, 6.07) is 0. The maximum absolute atomic E-state index is 11.7. The van der Waals surface area contributed by atoms with Crippen LogP contribution < -0.4 is 10.6 Å². The third-order valence-corrected chi connectivity index (χ3v) is 3.12. The number of nitrogens with zero attached hydrogens (tertiary/aromatic N) is 2. The van der Waals surface area contributed by atoms with Crippen molar-refractivity contribution in [1.29, 1.82) is 0 Å². The molecule has 0 aliphatic heterocycles. The molecule has 1 heterocycles. The maximum Gasteiger partial charge on any atom is 0.413 e. The molecule has 0 saturated heterocycles. The van der Waals surface area contributed by atoms with E-state index in [0.29, 0.717) is 0 Å². The summed E-state index contributed by atoms with van der Waals surface area (Å²) in [6.45, 7) is 5.13. The molecule has 0 atom stereocenters. The molecule has 1 aromatic rings. The Bertz CT molecular complexity index is 681. The summed E-state index contributed by atoms with van der Waals surface area (Å²) in [5.41, 5.74) is -1.12. The number of aromatic nitrogens is 1. The van der Waals surface area contributed by atoms with Gasteiger partial charge in [0.25, 0.3) is 0 Å². The van der Waals surface area contributed by atoms with Gasteiger partial charge in [-0.15, -0.1) is 11.3 Å². The van der Waals surface area contributed by atoms with E-state index in [2.05, 4.69) is 25.5 Å². The fourth-order valence-corrected chi connectivity index (χ4v) is 2.09. The molecule has 2 amide bonds. The van der Waals surface area contributed by atoms with Gasteiger partial charge in [-0.25, -0.2) is 19.4 Å². The zero-order valence-electron chi connectivity index (χ0n) is 14.7. The fourth-order valence-electron chi connectivity index (χ4n) is 1.41. The highest BCUT2D eigenvalue weighted by atomic mass is 32.1. The summed E-state index contributed by atoms with van der Waals surface area (Å²) in [5, 5.41) is 19.0. The van der Waals surface area contributed by atoms with E-state index in [1.165, 1.54) is 12.5 Å². The van der Waals surface area contributed by atoms with E-state index >= 15 is 0 Å². The standard InChI is InChI=1S/C14H20N4O7S/c1-14(2,3)25-13(22)17-11-16-8(7-26-11)9(10(19)20)18-24-6-5-15-12(21)23-4/h7H,5-6H2,1-4H3,(H,15,21)(H,19,20)(H,16,17,22)/b18-9-. The lowest BCUT2D eigenvalue weighted by molar-refractivity contribution is -0.129. The third kappa shape index (κ3) is 7.79. The number of ether oxygens (including phenoxy) is 2. The number of alkyl carbamates (subject to hydrolysis) is 1. The Kier molecular flexibility index (Phi) is 7.77. The number of hydrogen-bond donors (Lipinski definition) is 3. The zero-order chi connectivity index (χ0) is 19.7. The number of thiazole rings is 1. The largest absolute Gasteiger partial charge is 0.476 e. The molecule has 0 fully saturated rings. The minimum Gasteiger partial charge on any atom is -0.476 e. The second-order valence-corrected chi connectivity index (χ2v) is 6.52. The number of carboxylic acids is 1. The van der Waals surface area contributed by atoms with Crippen molar-refractivity contribution in [2.45, 2.75) is 26.4 Å². The van der Waals surface area contributed by atoms with Gasteiger partial charge in [-0.2, -0.15) is 0 Å². The summed E-state index contributed by atoms with van der Waals surface area (Å²) >= 11 is 1.00. The Balaban J connectivity index is 2.66. The molecule has 12 heteroatoms. The smallest absolute Gasteiger partial charge is 0.413 e. The van der Waals surface area contributed by atoms with Gasteiger partial charge < -0.3 is 24.7 Å². The van der Waals surface area contributed by atoms with Gasteiger partial charge in [-0.1, -0.05) is 5.16 Å². The van der Waals surface area contributed by atoms with Crippen LogP contribution in [0.5, 0.6) is 0 Å². The van der Waals surface area contributed by atoms with E-state index in [4.69, 9.17) is 9.57 Å².